The van der Waals surface area contributed by atoms with Crippen LogP contribution >= 0.6 is 0 Å². The summed E-state index contributed by atoms with van der Waals surface area (Å²) in [7, 11) is -1.84. The van der Waals surface area contributed by atoms with E-state index in [0.717, 1.165) is 19.3 Å². The van der Waals surface area contributed by atoms with Crippen molar-refractivity contribution in [1.82, 2.24) is 0 Å². The van der Waals surface area contributed by atoms with E-state index in [9.17, 15) is 9.90 Å². The highest BCUT2D eigenvalue weighted by atomic mass is 28.4. The number of allylic oxidation sites excluding steroid dienone is 1. The Balaban J connectivity index is 2.79. The molecule has 0 saturated heterocycles. The first kappa shape index (κ1) is 26.4. The van der Waals surface area contributed by atoms with Gasteiger partial charge < -0.3 is 14.3 Å². The van der Waals surface area contributed by atoms with Crippen molar-refractivity contribution in [3.63, 3.8) is 0 Å². The van der Waals surface area contributed by atoms with Gasteiger partial charge in [0.2, 0.25) is 0 Å². The topological polar surface area (TPSA) is 55.8 Å². The Labute approximate surface area is 180 Å². The van der Waals surface area contributed by atoms with Crippen LogP contribution in [0.3, 0.4) is 0 Å². The number of hydrogen-bond donors (Lipinski definition) is 1. The van der Waals surface area contributed by atoms with Gasteiger partial charge in [-0.05, 0) is 63.1 Å². The highest BCUT2D eigenvalue weighted by Gasteiger charge is 2.39. The van der Waals surface area contributed by atoms with Crippen LogP contribution in [0.1, 0.15) is 92.4 Å². The van der Waals surface area contributed by atoms with Gasteiger partial charge in [-0.15, -0.1) is 0 Å². The second kappa shape index (κ2) is 11.7. The maximum absolute atomic E-state index is 11.9. The maximum atomic E-state index is 11.9. The lowest BCUT2D eigenvalue weighted by Gasteiger charge is -2.39. The fourth-order valence-corrected chi connectivity index (χ4v) is 5.12. The molecule has 0 aromatic heterocycles. The molecule has 5 heteroatoms. The predicted molar refractivity (Wildman–Crippen MR) is 124 cm³/mol. The first-order chi connectivity index (χ1) is 13.4. The maximum Gasteiger partial charge on any atom is 0.308 e. The van der Waals surface area contributed by atoms with Crippen molar-refractivity contribution in [2.75, 3.05) is 6.61 Å². The molecule has 170 valence electrons. The zero-order chi connectivity index (χ0) is 22.1. The number of rotatable bonds is 11. The van der Waals surface area contributed by atoms with Crippen LogP contribution in [0.2, 0.25) is 18.1 Å². The van der Waals surface area contributed by atoms with Gasteiger partial charge in [0.15, 0.2) is 8.32 Å². The van der Waals surface area contributed by atoms with Crippen molar-refractivity contribution in [1.29, 1.82) is 0 Å². The summed E-state index contributed by atoms with van der Waals surface area (Å²) >= 11 is 0. The molecule has 29 heavy (non-hydrogen) atoms. The molecular formula is C24H46O4Si. The summed E-state index contributed by atoms with van der Waals surface area (Å²) in [6.07, 6.45) is 12.7. The lowest BCUT2D eigenvalue weighted by atomic mass is 9.76. The molecule has 4 nitrogen and oxygen atoms in total. The Morgan fingerprint density at radius 1 is 1.28 bits per heavy atom. The summed E-state index contributed by atoms with van der Waals surface area (Å²) in [5.74, 6) is -0.00167. The molecule has 0 heterocycles. The summed E-state index contributed by atoms with van der Waals surface area (Å²) < 4.78 is 11.8. The molecule has 0 spiro atoms. The quantitative estimate of drug-likeness (QED) is 0.180. The average Bonchev–Trinajstić information content (AvgIpc) is 2.58. The number of hydrogen-bond acceptors (Lipinski definition) is 4. The van der Waals surface area contributed by atoms with Crippen molar-refractivity contribution < 1.29 is 19.1 Å². The number of unbranched alkanes of at least 4 members (excludes halogenated alkanes) is 2. The molecule has 3 atom stereocenters. The molecule has 0 radical (unpaired) electrons. The van der Waals surface area contributed by atoms with Crippen LogP contribution in [0.25, 0.3) is 0 Å². The highest BCUT2D eigenvalue weighted by molar-refractivity contribution is 6.74. The molecular weight excluding hydrogens is 380 g/mol. The van der Waals surface area contributed by atoms with Crippen molar-refractivity contribution in [3.05, 3.63) is 12.2 Å². The van der Waals surface area contributed by atoms with Gasteiger partial charge >= 0.3 is 5.97 Å². The van der Waals surface area contributed by atoms with Gasteiger partial charge in [0.1, 0.15) is 0 Å². The molecule has 0 aromatic rings. The number of ether oxygens (including phenoxy) is 1. The van der Waals surface area contributed by atoms with Gasteiger partial charge in [-0.1, -0.05) is 59.1 Å². The lowest BCUT2D eigenvalue weighted by molar-refractivity contribution is -0.150. The summed E-state index contributed by atoms with van der Waals surface area (Å²) in [4.78, 5) is 11.9. The molecule has 1 saturated carbocycles. The Bertz CT molecular complexity index is 523. The number of aliphatic hydroxyl groups is 1. The predicted octanol–water partition coefficient (Wildman–Crippen LogP) is 6.39. The lowest BCUT2D eigenvalue weighted by Crippen LogP contribution is -2.43. The third kappa shape index (κ3) is 9.35. The SMILES string of the molecule is CCCCCC(C=C[C@H]1CCC[C@](O)(CC(=O)OCC)C1)O[Si](C)(C)C(C)(C)C. The molecule has 0 aromatic carbocycles. The molecule has 1 unspecified atom stereocenters. The second-order valence-corrected chi connectivity index (χ2v) is 15.1. The van der Waals surface area contributed by atoms with E-state index in [1.807, 2.05) is 0 Å². The van der Waals surface area contributed by atoms with Crippen molar-refractivity contribution in [2.24, 2.45) is 5.92 Å². The van der Waals surface area contributed by atoms with Crippen LogP contribution in [-0.2, 0) is 14.0 Å². The Morgan fingerprint density at radius 2 is 1.97 bits per heavy atom. The minimum atomic E-state index is -1.84. The molecule has 0 bridgehead atoms. The minimum absolute atomic E-state index is 0.103. The molecule has 1 aliphatic carbocycles. The molecule has 1 N–H and O–H groups in total. The molecule has 0 amide bonds. The second-order valence-electron chi connectivity index (χ2n) is 10.4. The van der Waals surface area contributed by atoms with E-state index >= 15 is 0 Å². The van der Waals surface area contributed by atoms with Crippen LogP contribution in [-0.4, -0.2) is 37.7 Å². The van der Waals surface area contributed by atoms with Crippen LogP contribution in [0.4, 0.5) is 0 Å². The van der Waals surface area contributed by atoms with Gasteiger partial charge in [-0.2, -0.15) is 0 Å². The van der Waals surface area contributed by atoms with E-state index in [4.69, 9.17) is 9.16 Å². The Kier molecular flexibility index (Phi) is 10.6. The van der Waals surface area contributed by atoms with Crippen molar-refractivity contribution >= 4 is 14.3 Å². The van der Waals surface area contributed by atoms with Crippen molar-refractivity contribution in [3.8, 4) is 0 Å². The van der Waals surface area contributed by atoms with Gasteiger partial charge in [-0.3, -0.25) is 4.79 Å². The number of carbonyl (C=O) groups is 1. The van der Waals surface area contributed by atoms with Crippen LogP contribution in [0, 0.1) is 5.92 Å². The molecule has 1 aliphatic rings. The molecule has 1 fully saturated rings. The van der Waals surface area contributed by atoms with Gasteiger partial charge in [0.25, 0.3) is 0 Å². The first-order valence-corrected chi connectivity index (χ1v) is 14.6. The Morgan fingerprint density at radius 3 is 2.55 bits per heavy atom. The van der Waals surface area contributed by atoms with E-state index in [1.165, 1.54) is 19.3 Å². The van der Waals surface area contributed by atoms with Crippen LogP contribution in [0.15, 0.2) is 12.2 Å². The van der Waals surface area contributed by atoms with Gasteiger partial charge in [0.05, 0.1) is 24.7 Å². The summed E-state index contributed by atoms with van der Waals surface area (Å²) in [6.45, 7) is 15.9. The fourth-order valence-electron chi connectivity index (χ4n) is 3.82. The van der Waals surface area contributed by atoms with E-state index < -0.39 is 13.9 Å². The summed E-state index contributed by atoms with van der Waals surface area (Å²) in [5.41, 5.74) is -0.933. The zero-order valence-corrected chi connectivity index (χ0v) is 21.1. The van der Waals surface area contributed by atoms with Crippen molar-refractivity contribution in [2.45, 2.75) is 122 Å². The standard InChI is InChI=1S/C24H46O4Si/c1-8-10-11-14-21(28-29(6,7)23(3,4)5)16-15-20-13-12-17-24(26,18-20)19-22(25)27-9-2/h15-16,20-21,26H,8-14,17-19H2,1-7H3/t20-,21?,24-/m1/s1. The zero-order valence-electron chi connectivity index (χ0n) is 20.1. The van der Waals surface area contributed by atoms with Crippen LogP contribution < -0.4 is 0 Å². The van der Waals surface area contributed by atoms with Gasteiger partial charge in [-0.25, -0.2) is 0 Å². The highest BCUT2D eigenvalue weighted by Crippen LogP contribution is 2.39. The van der Waals surface area contributed by atoms with E-state index in [-0.39, 0.29) is 23.5 Å². The minimum Gasteiger partial charge on any atom is -0.466 e. The largest absolute Gasteiger partial charge is 0.466 e. The molecule has 1 rings (SSSR count). The summed E-state index contributed by atoms with van der Waals surface area (Å²) in [5, 5.41) is 11.1. The van der Waals surface area contributed by atoms with E-state index in [0.29, 0.717) is 25.4 Å². The monoisotopic (exact) mass is 426 g/mol. The number of esters is 1. The van der Waals surface area contributed by atoms with Gasteiger partial charge in [0, 0.05) is 0 Å². The first-order valence-electron chi connectivity index (χ1n) is 11.7. The average molecular weight is 427 g/mol. The summed E-state index contributed by atoms with van der Waals surface area (Å²) in [6, 6.07) is 0. The normalized spacial score (nSPS) is 24.6. The van der Waals surface area contributed by atoms with Crippen LogP contribution in [0.5, 0.6) is 0 Å². The fraction of sp³-hybridized carbons (Fsp3) is 0.875. The number of carbonyl (C=O) groups excluding carboxylic acids is 1. The molecule has 0 aliphatic heterocycles. The van der Waals surface area contributed by atoms with E-state index in [1.54, 1.807) is 6.92 Å². The smallest absolute Gasteiger partial charge is 0.308 e. The Hall–Kier alpha value is -0.653. The van der Waals surface area contributed by atoms with E-state index in [2.05, 4.69) is 52.9 Å². The third-order valence-corrected chi connectivity index (χ3v) is 11.1. The third-order valence-electron chi connectivity index (χ3n) is 6.58.